The van der Waals surface area contributed by atoms with Crippen LogP contribution in [0.5, 0.6) is 0 Å². The molecule has 2 aliphatic rings. The molecule has 0 fully saturated rings. The van der Waals surface area contributed by atoms with Crippen LogP contribution in [0.25, 0.3) is 27.6 Å². The molecule has 2 heteroatoms. The van der Waals surface area contributed by atoms with Gasteiger partial charge < -0.3 is 0 Å². The Kier molecular flexibility index (Phi) is 2.11. The summed E-state index contributed by atoms with van der Waals surface area (Å²) in [5.74, 6) is 0.293. The molecule has 2 nitrogen and oxygen atoms in total. The molecule has 0 spiro atoms. The third-order valence-electron chi connectivity index (χ3n) is 4.83. The predicted molar refractivity (Wildman–Crippen MR) is 87.2 cm³/mol. The highest BCUT2D eigenvalue weighted by atomic mass is 16.1. The van der Waals surface area contributed by atoms with Gasteiger partial charge in [0, 0.05) is 23.8 Å². The molecule has 0 aromatic heterocycles. The van der Waals surface area contributed by atoms with E-state index in [1.54, 1.807) is 6.08 Å². The molecule has 0 bridgehead atoms. The van der Waals surface area contributed by atoms with Gasteiger partial charge in [0.15, 0.2) is 5.78 Å². The summed E-state index contributed by atoms with van der Waals surface area (Å²) in [5, 5.41) is 4.42. The molecule has 0 saturated heterocycles. The zero-order valence-corrected chi connectivity index (χ0v) is 11.8. The first-order valence-electron chi connectivity index (χ1n) is 7.47. The van der Waals surface area contributed by atoms with Gasteiger partial charge in [-0.25, -0.2) is 0 Å². The normalized spacial score (nSPS) is 15.8. The zero-order valence-electron chi connectivity index (χ0n) is 11.8. The van der Waals surface area contributed by atoms with E-state index in [2.05, 4.69) is 6.07 Å². The van der Waals surface area contributed by atoms with E-state index >= 15 is 0 Å². The molecular weight excluding hydrogens is 272 g/mol. The van der Waals surface area contributed by atoms with Gasteiger partial charge in [-0.1, -0.05) is 36.4 Å². The fraction of sp³-hybridized carbons (Fsp3) is 0.100. The lowest BCUT2D eigenvalue weighted by Crippen LogP contribution is -2.15. The molecule has 0 aliphatic heterocycles. The van der Waals surface area contributed by atoms with Crippen LogP contribution in [-0.2, 0) is 17.6 Å². The fourth-order valence-electron chi connectivity index (χ4n) is 3.97. The van der Waals surface area contributed by atoms with Gasteiger partial charge in [-0.2, -0.15) is 0 Å². The van der Waals surface area contributed by atoms with Crippen molar-refractivity contribution < 1.29 is 9.59 Å². The molecule has 0 radical (unpaired) electrons. The number of fused-ring (bicyclic) bond motifs is 2. The Morgan fingerprint density at radius 2 is 1.59 bits per heavy atom. The topological polar surface area (TPSA) is 34.1 Å². The standard InChI is InChI=1S/C20H12O2/c21-12-9-11-3-1-4-13-15-7-8-18(22)16-6-2-5-14(20(15)16)17(10-12)19(11)13/h1-8H,9-10H2. The quantitative estimate of drug-likeness (QED) is 0.587. The fourth-order valence-corrected chi connectivity index (χ4v) is 3.97. The maximum atomic E-state index is 12.2. The molecule has 5 rings (SSSR count). The van der Waals surface area contributed by atoms with Gasteiger partial charge in [0.05, 0.1) is 0 Å². The van der Waals surface area contributed by atoms with Crippen molar-refractivity contribution in [3.8, 4) is 0 Å². The molecule has 3 aromatic rings. The average Bonchev–Trinajstić information content (AvgIpc) is 2.53. The second-order valence-corrected chi connectivity index (χ2v) is 6.05. The summed E-state index contributed by atoms with van der Waals surface area (Å²) < 4.78 is 0. The summed E-state index contributed by atoms with van der Waals surface area (Å²) in [6, 6.07) is 12.0. The van der Waals surface area contributed by atoms with Gasteiger partial charge in [0.2, 0.25) is 0 Å². The van der Waals surface area contributed by atoms with Gasteiger partial charge in [-0.15, -0.1) is 0 Å². The minimum absolute atomic E-state index is 0.0444. The van der Waals surface area contributed by atoms with Crippen molar-refractivity contribution in [2.24, 2.45) is 0 Å². The predicted octanol–water partition coefficient (Wildman–Crippen LogP) is 3.87. The van der Waals surface area contributed by atoms with E-state index in [1.165, 1.54) is 5.39 Å². The van der Waals surface area contributed by atoms with Crippen LogP contribution in [0, 0.1) is 0 Å². The molecule has 0 unspecified atom stereocenters. The maximum Gasteiger partial charge on any atom is 0.186 e. The summed E-state index contributed by atoms with van der Waals surface area (Å²) in [4.78, 5) is 24.3. The first-order chi connectivity index (χ1) is 10.7. The number of ketones is 2. The monoisotopic (exact) mass is 284 g/mol. The highest BCUT2D eigenvalue weighted by molar-refractivity contribution is 6.25. The number of rotatable bonds is 0. The van der Waals surface area contributed by atoms with E-state index in [4.69, 9.17) is 0 Å². The minimum Gasteiger partial charge on any atom is -0.299 e. The lowest BCUT2D eigenvalue weighted by Gasteiger charge is -2.23. The average molecular weight is 284 g/mol. The van der Waals surface area contributed by atoms with E-state index < -0.39 is 0 Å². The van der Waals surface area contributed by atoms with Crippen LogP contribution in [0.3, 0.4) is 0 Å². The molecule has 0 amide bonds. The van der Waals surface area contributed by atoms with Crippen LogP contribution in [0.4, 0.5) is 0 Å². The Bertz CT molecular complexity index is 1050. The molecule has 0 heterocycles. The summed E-state index contributed by atoms with van der Waals surface area (Å²) in [5.41, 5.74) is 4.06. The third kappa shape index (κ3) is 1.34. The van der Waals surface area contributed by atoms with Crippen molar-refractivity contribution in [3.05, 3.63) is 64.7 Å². The van der Waals surface area contributed by atoms with Gasteiger partial charge in [0.25, 0.3) is 0 Å². The molecular formula is C20H12O2. The van der Waals surface area contributed by atoms with Crippen LogP contribution in [0.15, 0.2) is 42.5 Å². The van der Waals surface area contributed by atoms with Gasteiger partial charge >= 0.3 is 0 Å². The van der Waals surface area contributed by atoms with Crippen molar-refractivity contribution in [3.63, 3.8) is 0 Å². The van der Waals surface area contributed by atoms with E-state index in [1.807, 2.05) is 36.4 Å². The van der Waals surface area contributed by atoms with E-state index in [0.29, 0.717) is 12.8 Å². The highest BCUT2D eigenvalue weighted by Crippen LogP contribution is 2.41. The Hall–Kier alpha value is -2.74. The SMILES string of the molecule is O=C1Cc2cccc3c4c5c(cccc5c(c23)C1)C(=O)C=C4. The molecule has 0 saturated carbocycles. The van der Waals surface area contributed by atoms with Gasteiger partial charge in [0.1, 0.15) is 5.78 Å². The largest absolute Gasteiger partial charge is 0.299 e. The minimum atomic E-state index is 0.0444. The maximum absolute atomic E-state index is 12.2. The van der Waals surface area contributed by atoms with Crippen molar-refractivity contribution in [1.82, 2.24) is 0 Å². The summed E-state index contributed by atoms with van der Waals surface area (Å²) in [6.45, 7) is 0. The van der Waals surface area contributed by atoms with Crippen LogP contribution in [0.2, 0.25) is 0 Å². The van der Waals surface area contributed by atoms with E-state index in [-0.39, 0.29) is 11.6 Å². The molecule has 0 atom stereocenters. The number of Topliss-reactive ketones (excluding diaryl/α,β-unsaturated/α-hetero) is 1. The van der Waals surface area contributed by atoms with Gasteiger partial charge in [-0.3, -0.25) is 9.59 Å². The number of carbonyl (C=O) groups excluding carboxylic acids is 2. The third-order valence-corrected chi connectivity index (χ3v) is 4.83. The Morgan fingerprint density at radius 3 is 2.50 bits per heavy atom. The Labute approximate surface area is 127 Å². The second-order valence-electron chi connectivity index (χ2n) is 6.05. The van der Waals surface area contributed by atoms with Crippen LogP contribution in [0.1, 0.15) is 27.0 Å². The van der Waals surface area contributed by atoms with E-state index in [0.717, 1.165) is 38.4 Å². The summed E-state index contributed by atoms with van der Waals surface area (Å²) in [6.07, 6.45) is 4.56. The van der Waals surface area contributed by atoms with Crippen molar-refractivity contribution in [2.75, 3.05) is 0 Å². The van der Waals surface area contributed by atoms with Crippen molar-refractivity contribution in [1.29, 1.82) is 0 Å². The molecule has 22 heavy (non-hydrogen) atoms. The van der Waals surface area contributed by atoms with Gasteiger partial charge in [-0.05, 0) is 45.0 Å². The number of hydrogen-bond acceptors (Lipinski definition) is 2. The Morgan fingerprint density at radius 1 is 0.773 bits per heavy atom. The van der Waals surface area contributed by atoms with Crippen LogP contribution in [-0.4, -0.2) is 11.6 Å². The highest BCUT2D eigenvalue weighted by Gasteiger charge is 2.25. The molecule has 104 valence electrons. The summed E-state index contributed by atoms with van der Waals surface area (Å²) in [7, 11) is 0. The number of hydrogen-bond donors (Lipinski definition) is 0. The van der Waals surface area contributed by atoms with Crippen molar-refractivity contribution in [2.45, 2.75) is 12.8 Å². The lowest BCUT2D eigenvalue weighted by molar-refractivity contribution is -0.117. The molecule has 3 aromatic carbocycles. The van der Waals surface area contributed by atoms with E-state index in [9.17, 15) is 9.59 Å². The van der Waals surface area contributed by atoms with Crippen LogP contribution < -0.4 is 0 Å². The smallest absolute Gasteiger partial charge is 0.186 e. The molecule has 2 aliphatic carbocycles. The Balaban J connectivity index is 2.13. The lowest BCUT2D eigenvalue weighted by atomic mass is 9.79. The number of allylic oxidation sites excluding steroid dienone is 1. The van der Waals surface area contributed by atoms with Crippen LogP contribution >= 0.6 is 0 Å². The first kappa shape index (κ1) is 11.9. The molecule has 0 N–H and O–H groups in total. The summed E-state index contributed by atoms with van der Waals surface area (Å²) >= 11 is 0. The first-order valence-corrected chi connectivity index (χ1v) is 7.47. The second kappa shape index (κ2) is 3.92. The zero-order chi connectivity index (χ0) is 14.8. The number of benzene rings is 3. The number of carbonyl (C=O) groups is 2. The van der Waals surface area contributed by atoms with Crippen molar-refractivity contribution >= 4 is 39.2 Å².